The molecule has 0 amide bonds. The van der Waals surface area contributed by atoms with E-state index in [-0.39, 0.29) is 11.6 Å². The number of carbonyl (C=O) groups is 2. The van der Waals surface area contributed by atoms with Gasteiger partial charge in [0.2, 0.25) is 0 Å². The van der Waals surface area contributed by atoms with E-state index in [0.29, 0.717) is 24.8 Å². The molecule has 1 aromatic heterocycles. The molecule has 0 spiro atoms. The van der Waals surface area contributed by atoms with Gasteiger partial charge in [-0.25, -0.2) is 0 Å². The van der Waals surface area contributed by atoms with Crippen LogP contribution in [0.2, 0.25) is 0 Å². The van der Waals surface area contributed by atoms with Crippen molar-refractivity contribution >= 4 is 33.8 Å². The normalized spacial score (nSPS) is 10.8. The smallest absolute Gasteiger partial charge is 0.166 e. The van der Waals surface area contributed by atoms with Gasteiger partial charge in [-0.05, 0) is 42.7 Å². The number of fused-ring (bicyclic) bond motifs is 1. The number of anilines is 2. The van der Waals surface area contributed by atoms with Gasteiger partial charge < -0.3 is 5.32 Å². The molecule has 3 rings (SSSR count). The number of benzene rings is 2. The molecule has 0 saturated carbocycles. The zero-order valence-corrected chi connectivity index (χ0v) is 16.5. The van der Waals surface area contributed by atoms with Gasteiger partial charge in [-0.1, -0.05) is 38.1 Å². The highest BCUT2D eigenvalue weighted by Crippen LogP contribution is 2.31. The molecule has 144 valence electrons. The summed E-state index contributed by atoms with van der Waals surface area (Å²) in [4.78, 5) is 29.3. The molecule has 0 bridgehead atoms. The van der Waals surface area contributed by atoms with E-state index in [4.69, 9.17) is 0 Å². The lowest BCUT2D eigenvalue weighted by atomic mass is 9.99. The molecular weight excluding hydrogens is 348 g/mol. The standard InChI is InChI=1S/C24H26N2O2/c1-3-8-19(27)14-17-12-13-22-20(15-17)24(26-18-10-6-5-7-11-18)21(16-25-22)23(28)9-4-2/h5-7,10-13,15-16H,3-4,8-9,14H2,1-2H3,(H,25,26). The quantitative estimate of drug-likeness (QED) is 0.476. The number of para-hydroxylation sites is 1. The fourth-order valence-corrected chi connectivity index (χ4v) is 3.32. The minimum Gasteiger partial charge on any atom is -0.354 e. The lowest BCUT2D eigenvalue weighted by molar-refractivity contribution is -0.118. The molecular formula is C24H26N2O2. The number of hydrogen-bond acceptors (Lipinski definition) is 4. The molecule has 1 N–H and O–H groups in total. The first-order valence-electron chi connectivity index (χ1n) is 9.91. The maximum atomic E-state index is 12.7. The van der Waals surface area contributed by atoms with Gasteiger partial charge in [0.05, 0.1) is 16.8 Å². The predicted molar refractivity (Wildman–Crippen MR) is 114 cm³/mol. The summed E-state index contributed by atoms with van der Waals surface area (Å²) in [5.41, 5.74) is 4.02. The molecule has 0 aliphatic carbocycles. The molecule has 1 heterocycles. The Morgan fingerprint density at radius 2 is 1.71 bits per heavy atom. The molecule has 0 fully saturated rings. The summed E-state index contributed by atoms with van der Waals surface area (Å²) in [6.07, 6.45) is 4.76. The lowest BCUT2D eigenvalue weighted by Gasteiger charge is -2.15. The molecule has 0 aliphatic rings. The minimum atomic E-state index is 0.0720. The number of rotatable bonds is 9. The average Bonchev–Trinajstić information content (AvgIpc) is 2.69. The number of nitrogens with zero attached hydrogens (tertiary/aromatic N) is 1. The van der Waals surface area contributed by atoms with E-state index in [9.17, 15) is 9.59 Å². The van der Waals surface area contributed by atoms with Gasteiger partial charge in [0.1, 0.15) is 5.78 Å². The maximum absolute atomic E-state index is 12.7. The van der Waals surface area contributed by atoms with Crippen LogP contribution in [0.3, 0.4) is 0 Å². The summed E-state index contributed by atoms with van der Waals surface area (Å²) in [6.45, 7) is 4.00. The van der Waals surface area contributed by atoms with Crippen molar-refractivity contribution in [2.45, 2.75) is 46.0 Å². The Morgan fingerprint density at radius 3 is 2.43 bits per heavy atom. The van der Waals surface area contributed by atoms with E-state index in [1.165, 1.54) is 0 Å². The van der Waals surface area contributed by atoms with E-state index in [1.807, 2.05) is 62.4 Å². The first kappa shape index (κ1) is 19.7. The van der Waals surface area contributed by atoms with Crippen molar-refractivity contribution in [1.82, 2.24) is 4.98 Å². The Morgan fingerprint density at radius 1 is 0.964 bits per heavy atom. The van der Waals surface area contributed by atoms with E-state index < -0.39 is 0 Å². The second kappa shape index (κ2) is 9.27. The zero-order valence-electron chi connectivity index (χ0n) is 16.5. The summed E-state index contributed by atoms with van der Waals surface area (Å²) in [7, 11) is 0. The molecule has 0 radical (unpaired) electrons. The van der Waals surface area contributed by atoms with E-state index in [2.05, 4.69) is 10.3 Å². The third-order valence-corrected chi connectivity index (χ3v) is 4.68. The lowest BCUT2D eigenvalue weighted by Crippen LogP contribution is -2.06. The van der Waals surface area contributed by atoms with Gasteiger partial charge in [0.15, 0.2) is 5.78 Å². The van der Waals surface area contributed by atoms with Gasteiger partial charge in [-0.15, -0.1) is 0 Å². The van der Waals surface area contributed by atoms with Gasteiger partial charge in [0.25, 0.3) is 0 Å². The van der Waals surface area contributed by atoms with Crippen molar-refractivity contribution in [2.24, 2.45) is 0 Å². The van der Waals surface area contributed by atoms with E-state index in [0.717, 1.165) is 40.7 Å². The summed E-state index contributed by atoms with van der Waals surface area (Å²) < 4.78 is 0. The number of hydrogen-bond donors (Lipinski definition) is 1. The van der Waals surface area contributed by atoms with Crippen molar-refractivity contribution in [3.8, 4) is 0 Å². The summed E-state index contributed by atoms with van der Waals surface area (Å²) in [5, 5.41) is 4.28. The molecule has 3 aromatic rings. The van der Waals surface area contributed by atoms with Gasteiger partial charge in [-0.2, -0.15) is 0 Å². The Labute approximate surface area is 166 Å². The first-order chi connectivity index (χ1) is 13.6. The number of carbonyl (C=O) groups excluding carboxylic acids is 2. The largest absolute Gasteiger partial charge is 0.354 e. The van der Waals surface area contributed by atoms with Crippen LogP contribution in [0.5, 0.6) is 0 Å². The van der Waals surface area contributed by atoms with Crippen LogP contribution < -0.4 is 5.32 Å². The number of nitrogens with one attached hydrogen (secondary N) is 1. The van der Waals surface area contributed by atoms with Crippen LogP contribution in [0.4, 0.5) is 11.4 Å². The molecule has 0 saturated heterocycles. The number of pyridine rings is 1. The highest BCUT2D eigenvalue weighted by Gasteiger charge is 2.16. The Hall–Kier alpha value is -3.01. The minimum absolute atomic E-state index is 0.0720. The fraction of sp³-hybridized carbons (Fsp3) is 0.292. The van der Waals surface area contributed by atoms with Crippen LogP contribution in [-0.2, 0) is 11.2 Å². The Kier molecular flexibility index (Phi) is 6.53. The van der Waals surface area contributed by atoms with Gasteiger partial charge in [-0.3, -0.25) is 14.6 Å². The number of aromatic nitrogens is 1. The summed E-state index contributed by atoms with van der Waals surface area (Å²) >= 11 is 0. The van der Waals surface area contributed by atoms with Crippen molar-refractivity contribution in [2.75, 3.05) is 5.32 Å². The van der Waals surface area contributed by atoms with Crippen molar-refractivity contribution in [3.63, 3.8) is 0 Å². The molecule has 0 atom stereocenters. The fourth-order valence-electron chi connectivity index (χ4n) is 3.32. The van der Waals surface area contributed by atoms with E-state index in [1.54, 1.807) is 6.20 Å². The summed E-state index contributed by atoms with van der Waals surface area (Å²) in [5.74, 6) is 0.299. The number of ketones is 2. The number of Topliss-reactive ketones (excluding diaryl/α,β-unsaturated/α-hetero) is 2. The van der Waals surface area contributed by atoms with Crippen LogP contribution in [0.25, 0.3) is 10.9 Å². The van der Waals surface area contributed by atoms with Crippen LogP contribution in [-0.4, -0.2) is 16.6 Å². The van der Waals surface area contributed by atoms with Crippen molar-refractivity contribution < 1.29 is 9.59 Å². The second-order valence-electron chi connectivity index (χ2n) is 7.03. The predicted octanol–water partition coefficient (Wildman–Crippen LogP) is 5.87. The van der Waals surface area contributed by atoms with Crippen molar-refractivity contribution in [3.05, 3.63) is 65.9 Å². The van der Waals surface area contributed by atoms with Crippen LogP contribution in [0.1, 0.15) is 55.5 Å². The highest BCUT2D eigenvalue weighted by atomic mass is 16.1. The molecule has 0 unspecified atom stereocenters. The van der Waals surface area contributed by atoms with E-state index >= 15 is 0 Å². The van der Waals surface area contributed by atoms with Gasteiger partial charge in [0, 0.05) is 36.5 Å². The molecule has 4 nitrogen and oxygen atoms in total. The topological polar surface area (TPSA) is 59.1 Å². The van der Waals surface area contributed by atoms with Gasteiger partial charge >= 0.3 is 0 Å². The molecule has 0 aliphatic heterocycles. The Balaban J connectivity index is 2.09. The molecule has 2 aromatic carbocycles. The van der Waals surface area contributed by atoms with Crippen LogP contribution in [0, 0.1) is 0 Å². The summed E-state index contributed by atoms with van der Waals surface area (Å²) in [6, 6.07) is 15.7. The monoisotopic (exact) mass is 374 g/mol. The Bertz CT molecular complexity index is 981. The average molecular weight is 374 g/mol. The van der Waals surface area contributed by atoms with Crippen molar-refractivity contribution in [1.29, 1.82) is 0 Å². The van der Waals surface area contributed by atoms with Crippen LogP contribution >= 0.6 is 0 Å². The van der Waals surface area contributed by atoms with Crippen LogP contribution in [0.15, 0.2) is 54.7 Å². The molecule has 28 heavy (non-hydrogen) atoms. The third kappa shape index (κ3) is 4.63. The maximum Gasteiger partial charge on any atom is 0.166 e. The highest BCUT2D eigenvalue weighted by molar-refractivity contribution is 6.09. The first-order valence-corrected chi connectivity index (χ1v) is 9.91. The third-order valence-electron chi connectivity index (χ3n) is 4.68. The molecule has 4 heteroatoms. The SMILES string of the molecule is CCCC(=O)Cc1ccc2ncc(C(=O)CCC)c(Nc3ccccc3)c2c1. The zero-order chi connectivity index (χ0) is 19.9. The second-order valence-corrected chi connectivity index (χ2v) is 7.03.